The predicted octanol–water partition coefficient (Wildman–Crippen LogP) is 0.154. The summed E-state index contributed by atoms with van der Waals surface area (Å²) in [5.41, 5.74) is 4.54. The fraction of sp³-hybridized carbons (Fsp3) is 0.529. The lowest BCUT2D eigenvalue weighted by atomic mass is 10.0. The van der Waals surface area contributed by atoms with E-state index in [-0.39, 0.29) is 13.0 Å². The third-order valence-corrected chi connectivity index (χ3v) is 5.06. The van der Waals surface area contributed by atoms with E-state index in [1.165, 1.54) is 4.90 Å². The number of fused-ring (bicyclic) bond motifs is 2. The van der Waals surface area contributed by atoms with Crippen LogP contribution in [0.25, 0.3) is 0 Å². The van der Waals surface area contributed by atoms with E-state index < -0.39 is 40.5 Å². The Bertz CT molecular complexity index is 838. The molecule has 3 rings (SSSR count). The maximum Gasteiger partial charge on any atom is 0.418 e. The predicted molar refractivity (Wildman–Crippen MR) is 107 cm³/mol. The molecule has 14 heteroatoms. The standard InChI is InChI=1S/C12H21N5O7S.C5H5N/c1-3-15(4-2)11(19)14-13-10(18)9-6-5-8-7-16(9)12(20)17(8)24-25(21,22)23;1-2-4-6-5-3-1/h8-9H,3-7H2,1-2H3,(H,13,18)(H,14,19)(H,21,22,23);1-5H/t8-,9+;/m1./s1. The monoisotopic (exact) mass is 458 g/mol. The fourth-order valence-corrected chi connectivity index (χ4v) is 3.59. The Morgan fingerprint density at radius 1 is 1.19 bits per heavy atom. The zero-order chi connectivity index (χ0) is 23.0. The first-order chi connectivity index (χ1) is 14.7. The zero-order valence-corrected chi connectivity index (χ0v) is 18.0. The number of rotatable bonds is 5. The first kappa shape index (κ1) is 24.3. The van der Waals surface area contributed by atoms with Crippen LogP contribution in [0.3, 0.4) is 0 Å². The van der Waals surface area contributed by atoms with Crippen LogP contribution in [0.15, 0.2) is 30.6 Å². The lowest BCUT2D eigenvalue weighted by molar-refractivity contribution is -0.126. The van der Waals surface area contributed by atoms with Gasteiger partial charge >= 0.3 is 22.5 Å². The van der Waals surface area contributed by atoms with Crippen molar-refractivity contribution in [3.63, 3.8) is 0 Å². The second-order valence-corrected chi connectivity index (χ2v) is 7.63. The van der Waals surface area contributed by atoms with Gasteiger partial charge in [-0.25, -0.2) is 15.0 Å². The lowest BCUT2D eigenvalue weighted by Crippen LogP contribution is -2.56. The highest BCUT2D eigenvalue weighted by Crippen LogP contribution is 2.30. The van der Waals surface area contributed by atoms with Crippen LogP contribution in [-0.2, 0) is 19.5 Å². The third kappa shape index (κ3) is 6.77. The van der Waals surface area contributed by atoms with Gasteiger partial charge in [-0.2, -0.15) is 13.5 Å². The van der Waals surface area contributed by atoms with Gasteiger partial charge in [0.15, 0.2) is 0 Å². The smallest absolute Gasteiger partial charge is 0.324 e. The van der Waals surface area contributed by atoms with Crippen LogP contribution in [0.4, 0.5) is 9.59 Å². The summed E-state index contributed by atoms with van der Waals surface area (Å²) in [4.78, 5) is 42.7. The van der Waals surface area contributed by atoms with Crippen LogP contribution in [0.2, 0.25) is 0 Å². The summed E-state index contributed by atoms with van der Waals surface area (Å²) >= 11 is 0. The van der Waals surface area contributed by atoms with Crippen molar-refractivity contribution < 1.29 is 31.6 Å². The van der Waals surface area contributed by atoms with Gasteiger partial charge < -0.3 is 9.80 Å². The Kier molecular flexibility index (Phi) is 8.53. The number of carbonyl (C=O) groups is 3. The van der Waals surface area contributed by atoms with Gasteiger partial charge in [0.05, 0.1) is 6.04 Å². The molecule has 0 aromatic carbocycles. The molecule has 2 bridgehead atoms. The third-order valence-electron chi connectivity index (χ3n) is 4.71. The largest absolute Gasteiger partial charge is 0.418 e. The van der Waals surface area contributed by atoms with Crippen molar-refractivity contribution in [1.82, 2.24) is 30.7 Å². The molecule has 0 spiro atoms. The van der Waals surface area contributed by atoms with Gasteiger partial charge in [-0.1, -0.05) is 6.07 Å². The molecule has 2 saturated heterocycles. The molecule has 2 atom stereocenters. The number of hydrogen-bond donors (Lipinski definition) is 3. The van der Waals surface area contributed by atoms with Gasteiger partial charge in [0.1, 0.15) is 6.04 Å². The number of nitrogens with zero attached hydrogens (tertiary/aromatic N) is 4. The molecular formula is C17H26N6O7S. The Balaban J connectivity index is 0.000000488. The van der Waals surface area contributed by atoms with E-state index in [2.05, 4.69) is 20.1 Å². The number of hydrazine groups is 1. The molecule has 2 aliphatic heterocycles. The molecule has 1 aromatic heterocycles. The number of aromatic nitrogens is 1. The number of amides is 5. The Hall–Kier alpha value is -2.97. The molecule has 31 heavy (non-hydrogen) atoms. The second kappa shape index (κ2) is 10.9. The summed E-state index contributed by atoms with van der Waals surface area (Å²) in [6.07, 6.45) is 4.06. The Morgan fingerprint density at radius 3 is 2.32 bits per heavy atom. The average molecular weight is 458 g/mol. The molecule has 13 nitrogen and oxygen atoms in total. The molecule has 2 fully saturated rings. The van der Waals surface area contributed by atoms with Crippen molar-refractivity contribution in [2.45, 2.75) is 38.8 Å². The minimum absolute atomic E-state index is 0.0798. The number of pyridine rings is 1. The topological polar surface area (TPSA) is 161 Å². The number of nitrogens with one attached hydrogen (secondary N) is 2. The number of hydrogen-bond acceptors (Lipinski definition) is 7. The lowest BCUT2D eigenvalue weighted by Gasteiger charge is -2.29. The van der Waals surface area contributed by atoms with E-state index in [1.54, 1.807) is 26.2 Å². The van der Waals surface area contributed by atoms with E-state index in [4.69, 9.17) is 4.55 Å². The van der Waals surface area contributed by atoms with Crippen LogP contribution in [0.5, 0.6) is 0 Å². The van der Waals surface area contributed by atoms with Crippen LogP contribution in [0, 0.1) is 0 Å². The van der Waals surface area contributed by atoms with Crippen molar-refractivity contribution in [1.29, 1.82) is 0 Å². The van der Waals surface area contributed by atoms with Crippen molar-refractivity contribution >= 4 is 28.4 Å². The molecule has 2 aliphatic rings. The molecule has 0 saturated carbocycles. The van der Waals surface area contributed by atoms with E-state index >= 15 is 0 Å². The maximum absolute atomic E-state index is 12.3. The number of carbonyl (C=O) groups excluding carboxylic acids is 3. The van der Waals surface area contributed by atoms with Crippen molar-refractivity contribution in [2.75, 3.05) is 19.6 Å². The minimum Gasteiger partial charge on any atom is -0.324 e. The first-order valence-electron chi connectivity index (χ1n) is 9.64. The molecule has 0 unspecified atom stereocenters. The van der Waals surface area contributed by atoms with Gasteiger partial charge in [-0.15, -0.1) is 4.28 Å². The van der Waals surface area contributed by atoms with Crippen molar-refractivity contribution in [2.24, 2.45) is 0 Å². The van der Waals surface area contributed by atoms with Crippen LogP contribution >= 0.6 is 0 Å². The van der Waals surface area contributed by atoms with Gasteiger partial charge in [0.25, 0.3) is 5.91 Å². The highest BCUT2D eigenvalue weighted by atomic mass is 32.3. The molecule has 0 radical (unpaired) electrons. The fourth-order valence-electron chi connectivity index (χ4n) is 3.20. The van der Waals surface area contributed by atoms with Crippen LogP contribution < -0.4 is 10.9 Å². The minimum atomic E-state index is -4.84. The van der Waals surface area contributed by atoms with E-state index in [9.17, 15) is 22.8 Å². The number of hydroxylamine groups is 2. The van der Waals surface area contributed by atoms with Gasteiger partial charge in [-0.05, 0) is 38.8 Å². The second-order valence-electron chi connectivity index (χ2n) is 6.63. The quantitative estimate of drug-likeness (QED) is 0.415. The summed E-state index contributed by atoms with van der Waals surface area (Å²) in [7, 11) is -4.84. The highest BCUT2D eigenvalue weighted by Gasteiger charge is 2.49. The Morgan fingerprint density at radius 2 is 1.84 bits per heavy atom. The first-order valence-corrected chi connectivity index (χ1v) is 11.0. The summed E-state index contributed by atoms with van der Waals surface area (Å²) in [6, 6.07) is 2.94. The maximum atomic E-state index is 12.3. The van der Waals surface area contributed by atoms with Gasteiger partial charge in [0, 0.05) is 32.0 Å². The number of piperidine rings is 1. The SMILES string of the molecule is CCN(CC)C(=O)NNC(=O)[C@@H]1CC[C@@H]2CN1C(=O)N2OS(=O)(=O)O.c1ccncc1. The highest BCUT2D eigenvalue weighted by molar-refractivity contribution is 7.80. The molecule has 3 N–H and O–H groups in total. The summed E-state index contributed by atoms with van der Waals surface area (Å²) in [6.45, 7) is 4.60. The molecular weight excluding hydrogens is 432 g/mol. The van der Waals surface area contributed by atoms with E-state index in [0.29, 0.717) is 24.6 Å². The molecule has 1 aromatic rings. The van der Waals surface area contributed by atoms with E-state index in [0.717, 1.165) is 4.90 Å². The Labute approximate surface area is 180 Å². The normalized spacial score (nSPS) is 19.9. The van der Waals surface area contributed by atoms with Crippen molar-refractivity contribution in [3.8, 4) is 0 Å². The summed E-state index contributed by atoms with van der Waals surface area (Å²) in [5.74, 6) is -0.596. The molecule has 0 aliphatic carbocycles. The molecule has 3 heterocycles. The summed E-state index contributed by atoms with van der Waals surface area (Å²) in [5, 5.41) is 0.553. The van der Waals surface area contributed by atoms with Gasteiger partial charge in [0.2, 0.25) is 0 Å². The average Bonchev–Trinajstić information content (AvgIpc) is 2.98. The van der Waals surface area contributed by atoms with Crippen molar-refractivity contribution in [3.05, 3.63) is 30.6 Å². The van der Waals surface area contributed by atoms with Crippen LogP contribution in [-0.4, -0.2) is 82.5 Å². The molecule has 172 valence electrons. The van der Waals surface area contributed by atoms with Crippen LogP contribution in [0.1, 0.15) is 26.7 Å². The van der Waals surface area contributed by atoms with E-state index in [1.807, 2.05) is 18.2 Å². The van der Waals surface area contributed by atoms with Gasteiger partial charge in [-0.3, -0.25) is 19.8 Å². The number of urea groups is 2. The molecule has 5 amide bonds. The zero-order valence-electron chi connectivity index (χ0n) is 17.2. The summed E-state index contributed by atoms with van der Waals surface area (Å²) < 4.78 is 34.7.